The number of likely N-dealkylation sites (tertiary alicyclic amines) is 1. The number of para-hydroxylation sites is 1. The van der Waals surface area contributed by atoms with E-state index in [2.05, 4.69) is 20.8 Å². The Morgan fingerprint density at radius 3 is 2.83 bits per heavy atom. The average molecular weight is 392 g/mol. The second-order valence-corrected chi connectivity index (χ2v) is 6.97. The van der Waals surface area contributed by atoms with Crippen molar-refractivity contribution in [3.63, 3.8) is 0 Å². The summed E-state index contributed by atoms with van der Waals surface area (Å²) in [5.74, 6) is 0.964. The van der Waals surface area contributed by atoms with Gasteiger partial charge in [0.2, 0.25) is 5.91 Å². The van der Waals surface area contributed by atoms with E-state index in [0.717, 1.165) is 50.3 Å². The van der Waals surface area contributed by atoms with E-state index in [1.54, 1.807) is 4.68 Å². The van der Waals surface area contributed by atoms with Gasteiger partial charge < -0.3 is 15.0 Å². The van der Waals surface area contributed by atoms with Crippen LogP contribution in [0.4, 0.5) is 0 Å². The molecular formula is C21H24N6O2. The molecule has 1 aromatic heterocycles. The largest absolute Gasteiger partial charge is 0.423 e. The Morgan fingerprint density at radius 1 is 1.10 bits per heavy atom. The Hall–Kier alpha value is -3.26. The van der Waals surface area contributed by atoms with Crippen LogP contribution >= 0.6 is 0 Å². The van der Waals surface area contributed by atoms with Crippen LogP contribution < -0.4 is 10.1 Å². The van der Waals surface area contributed by atoms with E-state index in [9.17, 15) is 4.79 Å². The maximum atomic E-state index is 11.6. The first-order chi connectivity index (χ1) is 14.3. The summed E-state index contributed by atoms with van der Waals surface area (Å²) < 4.78 is 7.47. The van der Waals surface area contributed by atoms with Gasteiger partial charge in [0.25, 0.3) is 0 Å². The van der Waals surface area contributed by atoms with Crippen molar-refractivity contribution < 1.29 is 9.53 Å². The van der Waals surface area contributed by atoms with Crippen LogP contribution in [0.5, 0.6) is 11.8 Å². The van der Waals surface area contributed by atoms with Gasteiger partial charge in [0.1, 0.15) is 5.75 Å². The number of hydrogen-bond donors (Lipinski definition) is 1. The number of ether oxygens (including phenoxy) is 1. The number of aromatic nitrogens is 4. The second-order valence-electron chi connectivity index (χ2n) is 6.97. The molecule has 0 spiro atoms. The molecule has 0 atom stereocenters. The van der Waals surface area contributed by atoms with Crippen molar-refractivity contribution in [1.29, 1.82) is 0 Å². The van der Waals surface area contributed by atoms with Gasteiger partial charge in [-0.25, -0.2) is 0 Å². The van der Waals surface area contributed by atoms with Gasteiger partial charge in [0, 0.05) is 26.1 Å². The predicted molar refractivity (Wildman–Crippen MR) is 108 cm³/mol. The lowest BCUT2D eigenvalue weighted by atomic mass is 10.2. The zero-order valence-electron chi connectivity index (χ0n) is 16.2. The van der Waals surface area contributed by atoms with Gasteiger partial charge in [0.15, 0.2) is 0 Å². The fourth-order valence-corrected chi connectivity index (χ4v) is 3.37. The van der Waals surface area contributed by atoms with Crippen LogP contribution in [-0.4, -0.2) is 50.6 Å². The van der Waals surface area contributed by atoms with E-state index < -0.39 is 0 Å². The zero-order valence-corrected chi connectivity index (χ0v) is 16.2. The highest BCUT2D eigenvalue weighted by molar-refractivity contribution is 5.77. The van der Waals surface area contributed by atoms with Crippen molar-refractivity contribution in [2.24, 2.45) is 0 Å². The predicted octanol–water partition coefficient (Wildman–Crippen LogP) is 2.56. The number of nitrogens with one attached hydrogen (secondary N) is 1. The summed E-state index contributed by atoms with van der Waals surface area (Å²) in [4.78, 5) is 13.6. The molecule has 2 aromatic carbocycles. The molecule has 1 fully saturated rings. The third-order valence-corrected chi connectivity index (χ3v) is 4.83. The Morgan fingerprint density at radius 2 is 2.00 bits per heavy atom. The first-order valence-electron chi connectivity index (χ1n) is 9.89. The Kier molecular flexibility index (Phi) is 6.11. The Labute approximate surface area is 169 Å². The van der Waals surface area contributed by atoms with Crippen LogP contribution in [-0.2, 0) is 11.3 Å². The lowest BCUT2D eigenvalue weighted by Crippen LogP contribution is -2.28. The lowest BCUT2D eigenvalue weighted by Gasteiger charge is -2.15. The maximum Gasteiger partial charge on any atom is 0.345 e. The third kappa shape index (κ3) is 4.97. The number of nitrogens with zero attached hydrogens (tertiary/aromatic N) is 5. The molecule has 0 aliphatic carbocycles. The first-order valence-corrected chi connectivity index (χ1v) is 9.89. The number of tetrazole rings is 1. The van der Waals surface area contributed by atoms with Gasteiger partial charge in [-0.3, -0.25) is 4.79 Å². The molecule has 150 valence electrons. The van der Waals surface area contributed by atoms with Gasteiger partial charge in [-0.05, 0) is 59.6 Å². The van der Waals surface area contributed by atoms with E-state index >= 15 is 0 Å². The smallest absolute Gasteiger partial charge is 0.345 e. The van der Waals surface area contributed by atoms with Crippen molar-refractivity contribution in [1.82, 2.24) is 30.4 Å². The van der Waals surface area contributed by atoms with Crippen LogP contribution in [0.1, 0.15) is 24.8 Å². The summed E-state index contributed by atoms with van der Waals surface area (Å²) in [6.07, 6.45) is 2.65. The molecule has 0 unspecified atom stereocenters. The Bertz CT molecular complexity index is 943. The fraction of sp³-hybridized carbons (Fsp3) is 0.333. The van der Waals surface area contributed by atoms with Crippen molar-refractivity contribution >= 4 is 5.91 Å². The molecule has 1 aliphatic rings. The molecule has 2 heterocycles. The quantitative estimate of drug-likeness (QED) is 0.564. The van der Waals surface area contributed by atoms with Crippen molar-refractivity contribution in [3.8, 4) is 17.4 Å². The molecule has 1 amide bonds. The molecule has 8 heteroatoms. The number of rotatable bonds is 9. The number of benzene rings is 2. The average Bonchev–Trinajstić information content (AvgIpc) is 3.38. The number of carbonyl (C=O) groups is 1. The molecule has 1 N–H and O–H groups in total. The van der Waals surface area contributed by atoms with E-state index in [-0.39, 0.29) is 5.91 Å². The van der Waals surface area contributed by atoms with Crippen LogP contribution in [0, 0.1) is 0 Å². The summed E-state index contributed by atoms with van der Waals surface area (Å²) in [6.45, 7) is 3.33. The summed E-state index contributed by atoms with van der Waals surface area (Å²) >= 11 is 0. The minimum Gasteiger partial charge on any atom is -0.423 e. The highest BCUT2D eigenvalue weighted by Gasteiger charge is 2.18. The lowest BCUT2D eigenvalue weighted by molar-refractivity contribution is -0.127. The fourth-order valence-electron chi connectivity index (χ4n) is 3.37. The van der Waals surface area contributed by atoms with E-state index in [1.165, 1.54) is 0 Å². The van der Waals surface area contributed by atoms with Crippen molar-refractivity contribution in [2.75, 3.05) is 19.6 Å². The molecule has 29 heavy (non-hydrogen) atoms. The van der Waals surface area contributed by atoms with Gasteiger partial charge in [-0.15, -0.1) is 0 Å². The summed E-state index contributed by atoms with van der Waals surface area (Å²) in [6, 6.07) is 17.8. The van der Waals surface area contributed by atoms with Gasteiger partial charge in [-0.2, -0.15) is 4.68 Å². The van der Waals surface area contributed by atoms with Crippen LogP contribution in [0.3, 0.4) is 0 Å². The molecule has 0 radical (unpaired) electrons. The molecule has 8 nitrogen and oxygen atoms in total. The van der Waals surface area contributed by atoms with Crippen LogP contribution in [0.15, 0.2) is 54.6 Å². The molecule has 1 aliphatic heterocycles. The number of carbonyl (C=O) groups excluding carboxylic acids is 1. The second kappa shape index (κ2) is 9.29. The number of hydrogen-bond acceptors (Lipinski definition) is 6. The van der Waals surface area contributed by atoms with E-state index in [0.29, 0.717) is 18.2 Å². The van der Waals surface area contributed by atoms with Crippen molar-refractivity contribution in [3.05, 3.63) is 60.2 Å². The van der Waals surface area contributed by atoms with Crippen LogP contribution in [0.2, 0.25) is 0 Å². The highest BCUT2D eigenvalue weighted by Crippen LogP contribution is 2.22. The van der Waals surface area contributed by atoms with E-state index in [4.69, 9.17) is 4.74 Å². The minimum atomic E-state index is 0.285. The monoisotopic (exact) mass is 392 g/mol. The molecule has 0 saturated carbocycles. The SMILES string of the molecule is O=C1CCCN1CCCNCc1cccc(Oc2nnnn2-c2ccccc2)c1. The normalized spacial score (nSPS) is 13.8. The number of amides is 1. The first kappa shape index (κ1) is 19.1. The topological polar surface area (TPSA) is 85.2 Å². The van der Waals surface area contributed by atoms with Gasteiger partial charge in [-0.1, -0.05) is 35.4 Å². The summed E-state index contributed by atoms with van der Waals surface area (Å²) in [5.41, 5.74) is 1.94. The molecule has 1 saturated heterocycles. The standard InChI is InChI=1S/C21H24N6O2/c28-20-11-5-13-26(20)14-6-12-22-16-17-7-4-10-19(15-17)29-21-23-24-25-27(21)18-8-2-1-3-9-18/h1-4,7-10,15,22H,5-6,11-14,16H2. The zero-order chi connectivity index (χ0) is 19.9. The van der Waals surface area contributed by atoms with E-state index in [1.807, 2.05) is 59.5 Å². The highest BCUT2D eigenvalue weighted by atomic mass is 16.5. The minimum absolute atomic E-state index is 0.285. The van der Waals surface area contributed by atoms with Crippen molar-refractivity contribution in [2.45, 2.75) is 25.8 Å². The van der Waals surface area contributed by atoms with Gasteiger partial charge in [0.05, 0.1) is 5.69 Å². The van der Waals surface area contributed by atoms with Crippen LogP contribution in [0.25, 0.3) is 5.69 Å². The molecule has 4 rings (SSSR count). The summed E-state index contributed by atoms with van der Waals surface area (Å²) in [5, 5.41) is 15.1. The molecule has 3 aromatic rings. The molecular weight excluding hydrogens is 368 g/mol. The summed E-state index contributed by atoms with van der Waals surface area (Å²) in [7, 11) is 0. The maximum absolute atomic E-state index is 11.6. The van der Waals surface area contributed by atoms with Gasteiger partial charge >= 0.3 is 6.01 Å². The molecule has 0 bridgehead atoms. The third-order valence-electron chi connectivity index (χ3n) is 4.83. The Balaban J connectivity index is 1.29.